The lowest BCUT2D eigenvalue weighted by atomic mass is 10.2. The van der Waals surface area contributed by atoms with Crippen LogP contribution in [0.2, 0.25) is 0 Å². The zero-order valence-electron chi connectivity index (χ0n) is 10.5. The average molecular weight is 275 g/mol. The molecule has 0 saturated heterocycles. The number of alkyl halides is 3. The molecule has 4 nitrogen and oxygen atoms in total. The molecule has 1 rings (SSSR count). The van der Waals surface area contributed by atoms with Crippen molar-refractivity contribution >= 4 is 11.7 Å². The summed E-state index contributed by atoms with van der Waals surface area (Å²) in [6, 6.07) is 1.82. The van der Waals surface area contributed by atoms with Crippen LogP contribution in [0.25, 0.3) is 0 Å². The van der Waals surface area contributed by atoms with Gasteiger partial charge in [-0.25, -0.2) is 4.98 Å². The molecule has 0 radical (unpaired) electrons. The van der Waals surface area contributed by atoms with Gasteiger partial charge in [-0.1, -0.05) is 6.92 Å². The molecule has 19 heavy (non-hydrogen) atoms. The van der Waals surface area contributed by atoms with Crippen LogP contribution >= 0.6 is 0 Å². The van der Waals surface area contributed by atoms with Crippen LogP contribution in [0.15, 0.2) is 18.3 Å². The van der Waals surface area contributed by atoms with Crippen LogP contribution in [-0.2, 0) is 11.0 Å². The van der Waals surface area contributed by atoms with Gasteiger partial charge in [-0.15, -0.1) is 0 Å². The Morgan fingerprint density at radius 1 is 1.37 bits per heavy atom. The van der Waals surface area contributed by atoms with Crippen molar-refractivity contribution < 1.29 is 18.0 Å². The lowest BCUT2D eigenvalue weighted by Crippen LogP contribution is -2.26. The number of aromatic nitrogens is 1. The molecule has 0 saturated carbocycles. The van der Waals surface area contributed by atoms with E-state index in [1.54, 1.807) is 0 Å². The first-order valence-corrected chi connectivity index (χ1v) is 5.97. The fourth-order valence-electron chi connectivity index (χ4n) is 1.36. The van der Waals surface area contributed by atoms with E-state index in [0.717, 1.165) is 24.8 Å². The minimum Gasteiger partial charge on any atom is -0.370 e. The molecule has 1 amide bonds. The summed E-state index contributed by atoms with van der Waals surface area (Å²) in [5.74, 6) is -0.0283. The minimum absolute atomic E-state index is 0.109. The Kier molecular flexibility index (Phi) is 5.59. The number of hydrogen-bond donors (Lipinski definition) is 2. The third-order valence-electron chi connectivity index (χ3n) is 2.32. The lowest BCUT2D eigenvalue weighted by molar-refractivity contribution is -0.137. The average Bonchev–Trinajstić information content (AvgIpc) is 2.36. The van der Waals surface area contributed by atoms with Crippen LogP contribution in [0.4, 0.5) is 19.0 Å². The maximum Gasteiger partial charge on any atom is 0.416 e. The molecule has 1 heterocycles. The molecule has 1 aromatic heterocycles. The maximum absolute atomic E-state index is 12.4. The molecule has 2 N–H and O–H groups in total. The number of rotatable bonds is 6. The molecular formula is C12H16F3N3O. The number of pyridine rings is 1. The summed E-state index contributed by atoms with van der Waals surface area (Å²) in [7, 11) is 0. The Hall–Kier alpha value is -1.79. The summed E-state index contributed by atoms with van der Waals surface area (Å²) in [5, 5.41) is 5.37. The standard InChI is InChI=1S/C12H16F3N3O/c1-2-5-18-11(19)4-7-17-10-8-9(3-6-16-10)12(13,14)15/h3,6,8H,2,4-5,7H2,1H3,(H,16,17)(H,18,19). The van der Waals surface area contributed by atoms with Crippen LogP contribution in [0.3, 0.4) is 0 Å². The van der Waals surface area contributed by atoms with Crippen LogP contribution in [0.5, 0.6) is 0 Å². The Bertz CT molecular complexity index is 421. The van der Waals surface area contributed by atoms with E-state index < -0.39 is 11.7 Å². The number of anilines is 1. The van der Waals surface area contributed by atoms with Gasteiger partial charge < -0.3 is 10.6 Å². The Labute approximate surface area is 109 Å². The second-order valence-electron chi connectivity index (χ2n) is 3.95. The number of halogens is 3. The molecule has 7 heteroatoms. The molecule has 106 valence electrons. The maximum atomic E-state index is 12.4. The van der Waals surface area contributed by atoms with E-state index in [2.05, 4.69) is 15.6 Å². The molecular weight excluding hydrogens is 259 g/mol. The number of carbonyl (C=O) groups excluding carboxylic acids is 1. The predicted octanol–water partition coefficient (Wildman–Crippen LogP) is 2.43. The van der Waals surface area contributed by atoms with E-state index in [1.807, 2.05) is 6.92 Å². The van der Waals surface area contributed by atoms with Crippen molar-refractivity contribution in [3.63, 3.8) is 0 Å². The summed E-state index contributed by atoms with van der Waals surface area (Å²) >= 11 is 0. The fraction of sp³-hybridized carbons (Fsp3) is 0.500. The van der Waals surface area contributed by atoms with Gasteiger partial charge in [0.2, 0.25) is 5.91 Å². The Balaban J connectivity index is 2.44. The van der Waals surface area contributed by atoms with E-state index >= 15 is 0 Å². The number of hydrogen-bond acceptors (Lipinski definition) is 3. The highest BCUT2D eigenvalue weighted by Gasteiger charge is 2.30. The van der Waals surface area contributed by atoms with Crippen molar-refractivity contribution in [2.45, 2.75) is 25.9 Å². The number of amides is 1. The van der Waals surface area contributed by atoms with Gasteiger partial charge in [0.15, 0.2) is 0 Å². The molecule has 0 unspecified atom stereocenters. The molecule has 0 fully saturated rings. The van der Waals surface area contributed by atoms with Crippen LogP contribution in [-0.4, -0.2) is 24.0 Å². The van der Waals surface area contributed by atoms with Gasteiger partial charge >= 0.3 is 6.18 Å². The molecule has 0 spiro atoms. The summed E-state index contributed by atoms with van der Waals surface area (Å²) in [6.07, 6.45) is -2.27. The minimum atomic E-state index is -4.39. The van der Waals surface area contributed by atoms with E-state index in [9.17, 15) is 18.0 Å². The third kappa shape index (κ3) is 5.58. The van der Waals surface area contributed by atoms with Gasteiger partial charge in [-0.3, -0.25) is 4.79 Å². The molecule has 1 aromatic rings. The van der Waals surface area contributed by atoms with Crippen molar-refractivity contribution in [1.82, 2.24) is 10.3 Å². The monoisotopic (exact) mass is 275 g/mol. The van der Waals surface area contributed by atoms with Gasteiger partial charge in [0.1, 0.15) is 5.82 Å². The smallest absolute Gasteiger partial charge is 0.370 e. The first-order valence-electron chi connectivity index (χ1n) is 5.97. The molecule has 0 atom stereocenters. The Morgan fingerprint density at radius 2 is 2.11 bits per heavy atom. The van der Waals surface area contributed by atoms with Gasteiger partial charge in [0, 0.05) is 25.7 Å². The molecule has 0 bridgehead atoms. The van der Waals surface area contributed by atoms with Crippen LogP contribution < -0.4 is 10.6 Å². The highest BCUT2D eigenvalue weighted by Crippen LogP contribution is 2.29. The fourth-order valence-corrected chi connectivity index (χ4v) is 1.36. The summed E-state index contributed by atoms with van der Waals surface area (Å²) < 4.78 is 37.3. The summed E-state index contributed by atoms with van der Waals surface area (Å²) in [6.45, 7) is 2.77. The van der Waals surface area contributed by atoms with Crippen molar-refractivity contribution in [1.29, 1.82) is 0 Å². The van der Waals surface area contributed by atoms with Crippen molar-refractivity contribution in [3.8, 4) is 0 Å². The van der Waals surface area contributed by atoms with Crippen molar-refractivity contribution in [2.24, 2.45) is 0 Å². The summed E-state index contributed by atoms with van der Waals surface area (Å²) in [4.78, 5) is 15.0. The second-order valence-corrected chi connectivity index (χ2v) is 3.95. The largest absolute Gasteiger partial charge is 0.416 e. The topological polar surface area (TPSA) is 54.0 Å². The summed E-state index contributed by atoms with van der Waals surface area (Å²) in [5.41, 5.74) is -0.763. The first kappa shape index (κ1) is 15.3. The van der Waals surface area contributed by atoms with E-state index in [1.165, 1.54) is 0 Å². The first-order chi connectivity index (χ1) is 8.93. The second kappa shape index (κ2) is 6.96. The van der Waals surface area contributed by atoms with Gasteiger partial charge in [-0.2, -0.15) is 13.2 Å². The van der Waals surface area contributed by atoms with E-state index in [4.69, 9.17) is 0 Å². The number of nitrogens with zero attached hydrogens (tertiary/aromatic N) is 1. The SMILES string of the molecule is CCCNC(=O)CCNc1cc(C(F)(F)F)ccn1. The van der Waals surface area contributed by atoms with E-state index in [0.29, 0.717) is 6.54 Å². The molecule has 0 aromatic carbocycles. The normalized spacial score (nSPS) is 11.2. The number of carbonyl (C=O) groups is 1. The molecule has 0 aliphatic carbocycles. The quantitative estimate of drug-likeness (QED) is 0.838. The van der Waals surface area contributed by atoms with Gasteiger partial charge in [0.25, 0.3) is 0 Å². The van der Waals surface area contributed by atoms with E-state index in [-0.39, 0.29) is 24.7 Å². The Morgan fingerprint density at radius 3 is 2.74 bits per heavy atom. The zero-order valence-corrected chi connectivity index (χ0v) is 10.5. The van der Waals surface area contributed by atoms with Crippen LogP contribution in [0, 0.1) is 0 Å². The molecule has 0 aliphatic rings. The van der Waals surface area contributed by atoms with Gasteiger partial charge in [-0.05, 0) is 18.6 Å². The van der Waals surface area contributed by atoms with Crippen molar-refractivity contribution in [2.75, 3.05) is 18.4 Å². The predicted molar refractivity (Wildman–Crippen MR) is 65.6 cm³/mol. The highest BCUT2D eigenvalue weighted by atomic mass is 19.4. The zero-order chi connectivity index (χ0) is 14.3. The number of nitrogens with one attached hydrogen (secondary N) is 2. The lowest BCUT2D eigenvalue weighted by Gasteiger charge is -2.09. The third-order valence-corrected chi connectivity index (χ3v) is 2.32. The highest BCUT2D eigenvalue weighted by molar-refractivity contribution is 5.76. The van der Waals surface area contributed by atoms with Crippen molar-refractivity contribution in [3.05, 3.63) is 23.9 Å². The van der Waals surface area contributed by atoms with Crippen LogP contribution in [0.1, 0.15) is 25.3 Å². The van der Waals surface area contributed by atoms with Gasteiger partial charge in [0.05, 0.1) is 5.56 Å². The molecule has 0 aliphatic heterocycles.